The van der Waals surface area contributed by atoms with Crippen molar-refractivity contribution in [2.45, 2.75) is 26.4 Å². The van der Waals surface area contributed by atoms with Crippen LogP contribution in [-0.4, -0.2) is 25.1 Å². The van der Waals surface area contributed by atoms with Crippen molar-refractivity contribution in [3.63, 3.8) is 0 Å². The van der Waals surface area contributed by atoms with E-state index in [1.165, 1.54) is 12.1 Å². The van der Waals surface area contributed by atoms with Gasteiger partial charge in [0.1, 0.15) is 11.6 Å². The second kappa shape index (κ2) is 6.02. The molecule has 1 saturated heterocycles. The third-order valence-corrected chi connectivity index (χ3v) is 3.00. The maximum absolute atomic E-state index is 13.8. The van der Waals surface area contributed by atoms with Crippen molar-refractivity contribution in [3.8, 4) is 5.75 Å². The topological polar surface area (TPSA) is 50.4 Å². The predicted molar refractivity (Wildman–Crippen MR) is 71.8 cm³/mol. The lowest BCUT2D eigenvalue weighted by Crippen LogP contribution is -2.25. The van der Waals surface area contributed by atoms with Gasteiger partial charge in [0, 0.05) is 12.6 Å². The Balaban J connectivity index is 2.02. The average Bonchev–Trinajstić information content (AvgIpc) is 2.85. The highest BCUT2D eigenvalue weighted by molar-refractivity contribution is 5.93. The number of carbonyl (C=O) groups excluding carboxylic acids is 1. The van der Waals surface area contributed by atoms with Gasteiger partial charge in [-0.3, -0.25) is 4.79 Å². The summed E-state index contributed by atoms with van der Waals surface area (Å²) in [6.45, 7) is 5.24. The van der Waals surface area contributed by atoms with Crippen molar-refractivity contribution in [2.24, 2.45) is 5.92 Å². The van der Waals surface area contributed by atoms with E-state index in [-0.39, 0.29) is 23.6 Å². The third kappa shape index (κ3) is 3.67. The van der Waals surface area contributed by atoms with E-state index in [4.69, 9.17) is 4.74 Å². The molecule has 1 amide bonds. The molecule has 1 aliphatic rings. The molecule has 1 aromatic carbocycles. The van der Waals surface area contributed by atoms with Crippen molar-refractivity contribution in [1.29, 1.82) is 0 Å². The van der Waals surface area contributed by atoms with Crippen molar-refractivity contribution < 1.29 is 13.9 Å². The molecule has 2 N–H and O–H groups in total. The van der Waals surface area contributed by atoms with Crippen molar-refractivity contribution in [1.82, 2.24) is 5.32 Å². The van der Waals surface area contributed by atoms with Crippen LogP contribution in [0.3, 0.4) is 0 Å². The number of hydrogen-bond acceptors (Lipinski definition) is 3. The van der Waals surface area contributed by atoms with Crippen LogP contribution in [0.25, 0.3) is 0 Å². The van der Waals surface area contributed by atoms with Crippen LogP contribution in [0, 0.1) is 11.7 Å². The molecule has 5 heteroatoms. The first-order valence-corrected chi connectivity index (χ1v) is 6.54. The van der Waals surface area contributed by atoms with Crippen LogP contribution >= 0.6 is 0 Å². The van der Waals surface area contributed by atoms with Gasteiger partial charge in [0.05, 0.1) is 17.7 Å². The molecule has 1 heterocycles. The maximum Gasteiger partial charge on any atom is 0.228 e. The summed E-state index contributed by atoms with van der Waals surface area (Å²) in [7, 11) is 0. The fourth-order valence-electron chi connectivity index (χ4n) is 2.06. The van der Waals surface area contributed by atoms with E-state index in [2.05, 4.69) is 10.6 Å². The maximum atomic E-state index is 13.8. The predicted octanol–water partition coefficient (Wildman–Crippen LogP) is 2.16. The van der Waals surface area contributed by atoms with E-state index in [1.807, 2.05) is 13.8 Å². The minimum atomic E-state index is -0.475. The minimum absolute atomic E-state index is 0.00981. The number of nitrogens with one attached hydrogen (secondary N) is 2. The van der Waals surface area contributed by atoms with Crippen molar-refractivity contribution >= 4 is 11.6 Å². The second-order valence-corrected chi connectivity index (χ2v) is 4.99. The summed E-state index contributed by atoms with van der Waals surface area (Å²) in [6.07, 6.45) is 0.784. The molecule has 104 valence electrons. The molecule has 0 aliphatic carbocycles. The zero-order valence-corrected chi connectivity index (χ0v) is 11.2. The summed E-state index contributed by atoms with van der Waals surface area (Å²) in [5.41, 5.74) is 0.202. The molecular weight excluding hydrogens is 247 g/mol. The van der Waals surface area contributed by atoms with Gasteiger partial charge in [-0.1, -0.05) is 0 Å². The molecule has 0 bridgehead atoms. The molecule has 0 spiro atoms. The van der Waals surface area contributed by atoms with Gasteiger partial charge < -0.3 is 15.4 Å². The van der Waals surface area contributed by atoms with Crippen LogP contribution in [0.15, 0.2) is 18.2 Å². The average molecular weight is 266 g/mol. The van der Waals surface area contributed by atoms with E-state index in [0.29, 0.717) is 12.3 Å². The standard InChI is InChI=1S/C14H19FN2O2/c1-9(2)19-11-3-4-13(12(15)7-11)17-14(18)10-5-6-16-8-10/h3-4,7,9-10,16H,5-6,8H2,1-2H3,(H,17,18). The Morgan fingerprint density at radius 2 is 2.32 bits per heavy atom. The summed E-state index contributed by atoms with van der Waals surface area (Å²) in [5.74, 6) is -0.224. The molecule has 1 fully saturated rings. The number of hydrogen-bond donors (Lipinski definition) is 2. The molecule has 4 nitrogen and oxygen atoms in total. The Morgan fingerprint density at radius 3 is 2.89 bits per heavy atom. The smallest absolute Gasteiger partial charge is 0.228 e. The summed E-state index contributed by atoms with van der Waals surface area (Å²) in [6, 6.07) is 4.49. The number of carbonyl (C=O) groups is 1. The third-order valence-electron chi connectivity index (χ3n) is 3.00. The van der Waals surface area contributed by atoms with Crippen LogP contribution in [0.4, 0.5) is 10.1 Å². The number of ether oxygens (including phenoxy) is 1. The zero-order valence-electron chi connectivity index (χ0n) is 11.2. The zero-order chi connectivity index (χ0) is 13.8. The van der Waals surface area contributed by atoms with Crippen LogP contribution < -0.4 is 15.4 Å². The monoisotopic (exact) mass is 266 g/mol. The fraction of sp³-hybridized carbons (Fsp3) is 0.500. The Hall–Kier alpha value is -1.62. The van der Waals surface area contributed by atoms with E-state index in [9.17, 15) is 9.18 Å². The van der Waals surface area contributed by atoms with Crippen molar-refractivity contribution in [2.75, 3.05) is 18.4 Å². The van der Waals surface area contributed by atoms with Gasteiger partial charge in [0.25, 0.3) is 0 Å². The van der Waals surface area contributed by atoms with Gasteiger partial charge in [-0.2, -0.15) is 0 Å². The van der Waals surface area contributed by atoms with Crippen LogP contribution in [0.1, 0.15) is 20.3 Å². The normalized spacial score (nSPS) is 18.6. The summed E-state index contributed by atoms with van der Waals surface area (Å²) in [4.78, 5) is 11.9. The SMILES string of the molecule is CC(C)Oc1ccc(NC(=O)C2CCNC2)c(F)c1. The Labute approximate surface area is 112 Å². The molecule has 0 aromatic heterocycles. The fourth-order valence-corrected chi connectivity index (χ4v) is 2.06. The molecule has 19 heavy (non-hydrogen) atoms. The van der Waals surface area contributed by atoms with Crippen molar-refractivity contribution in [3.05, 3.63) is 24.0 Å². The minimum Gasteiger partial charge on any atom is -0.491 e. The van der Waals surface area contributed by atoms with Crippen LogP contribution in [-0.2, 0) is 4.79 Å². The van der Waals surface area contributed by atoms with Crippen LogP contribution in [0.2, 0.25) is 0 Å². The molecule has 0 radical (unpaired) electrons. The number of anilines is 1. The van der Waals surface area contributed by atoms with E-state index < -0.39 is 5.82 Å². The van der Waals surface area contributed by atoms with Crippen LogP contribution in [0.5, 0.6) is 5.75 Å². The van der Waals surface area contributed by atoms with E-state index >= 15 is 0 Å². The molecular formula is C14H19FN2O2. The van der Waals surface area contributed by atoms with Gasteiger partial charge in [-0.15, -0.1) is 0 Å². The van der Waals surface area contributed by atoms with Gasteiger partial charge in [0.2, 0.25) is 5.91 Å². The van der Waals surface area contributed by atoms with Gasteiger partial charge in [0.15, 0.2) is 0 Å². The largest absolute Gasteiger partial charge is 0.491 e. The Kier molecular flexibility index (Phi) is 4.37. The molecule has 2 rings (SSSR count). The Bertz CT molecular complexity index is 457. The molecule has 1 unspecified atom stereocenters. The molecule has 1 aliphatic heterocycles. The number of benzene rings is 1. The summed E-state index contributed by atoms with van der Waals surface area (Å²) < 4.78 is 19.2. The lowest BCUT2D eigenvalue weighted by atomic mass is 10.1. The highest BCUT2D eigenvalue weighted by Gasteiger charge is 2.23. The highest BCUT2D eigenvalue weighted by Crippen LogP contribution is 2.22. The highest BCUT2D eigenvalue weighted by atomic mass is 19.1. The Morgan fingerprint density at radius 1 is 1.53 bits per heavy atom. The molecule has 1 aromatic rings. The summed E-state index contributed by atoms with van der Waals surface area (Å²) in [5, 5.41) is 5.73. The van der Waals surface area contributed by atoms with E-state index in [0.717, 1.165) is 13.0 Å². The quantitative estimate of drug-likeness (QED) is 0.878. The van der Waals surface area contributed by atoms with Gasteiger partial charge in [-0.25, -0.2) is 4.39 Å². The lowest BCUT2D eigenvalue weighted by molar-refractivity contribution is -0.119. The molecule has 1 atom stereocenters. The number of rotatable bonds is 4. The van der Waals surface area contributed by atoms with Gasteiger partial charge in [-0.05, 0) is 38.9 Å². The lowest BCUT2D eigenvalue weighted by Gasteiger charge is -2.13. The summed E-state index contributed by atoms with van der Waals surface area (Å²) >= 11 is 0. The number of halogens is 1. The first-order valence-electron chi connectivity index (χ1n) is 6.54. The first kappa shape index (κ1) is 13.8. The van der Waals surface area contributed by atoms with Gasteiger partial charge >= 0.3 is 0 Å². The second-order valence-electron chi connectivity index (χ2n) is 4.99. The van der Waals surface area contributed by atoms with E-state index in [1.54, 1.807) is 6.07 Å². The number of amides is 1. The molecule has 0 saturated carbocycles. The first-order chi connectivity index (χ1) is 9.06.